The lowest BCUT2D eigenvalue weighted by molar-refractivity contribution is 0.443. The highest BCUT2D eigenvalue weighted by molar-refractivity contribution is 7.98. The SMILES string of the molecule is CCCc1cc(O)nc(SCc2nc3ccccc3[nH]2)n1. The third-order valence-electron chi connectivity index (χ3n) is 3.03. The third kappa shape index (κ3) is 3.33. The smallest absolute Gasteiger partial charge is 0.215 e. The molecule has 5 nitrogen and oxygen atoms in total. The first-order valence-electron chi connectivity index (χ1n) is 6.88. The molecule has 3 rings (SSSR count). The third-order valence-corrected chi connectivity index (χ3v) is 3.89. The molecule has 0 aliphatic rings. The Labute approximate surface area is 126 Å². The predicted octanol–water partition coefficient (Wildman–Crippen LogP) is 3.30. The Morgan fingerprint density at radius 2 is 2.05 bits per heavy atom. The zero-order chi connectivity index (χ0) is 14.7. The summed E-state index contributed by atoms with van der Waals surface area (Å²) in [5.41, 5.74) is 2.85. The van der Waals surface area contributed by atoms with E-state index in [0.29, 0.717) is 10.9 Å². The molecule has 0 aliphatic heterocycles. The molecule has 0 saturated heterocycles. The number of imidazole rings is 1. The summed E-state index contributed by atoms with van der Waals surface area (Å²) >= 11 is 1.47. The van der Waals surface area contributed by atoms with E-state index < -0.39 is 0 Å². The molecule has 2 heterocycles. The standard InChI is InChI=1S/C15H16N4OS/c1-2-5-10-8-14(20)19-15(16-10)21-9-13-17-11-6-3-4-7-12(11)18-13/h3-4,6-8H,2,5,9H2,1H3,(H,17,18)(H,16,19,20). The molecule has 0 saturated carbocycles. The molecule has 0 amide bonds. The van der Waals surface area contributed by atoms with Crippen LogP contribution in [-0.2, 0) is 12.2 Å². The van der Waals surface area contributed by atoms with E-state index in [2.05, 4.69) is 26.9 Å². The lowest BCUT2D eigenvalue weighted by Gasteiger charge is -2.03. The summed E-state index contributed by atoms with van der Waals surface area (Å²) in [6.45, 7) is 2.08. The van der Waals surface area contributed by atoms with Gasteiger partial charge in [-0.05, 0) is 18.6 Å². The van der Waals surface area contributed by atoms with Crippen molar-refractivity contribution >= 4 is 22.8 Å². The first kappa shape index (κ1) is 13.9. The largest absolute Gasteiger partial charge is 0.493 e. The molecule has 21 heavy (non-hydrogen) atoms. The van der Waals surface area contributed by atoms with Crippen LogP contribution in [0.5, 0.6) is 5.88 Å². The second-order valence-corrected chi connectivity index (χ2v) is 5.68. The number of rotatable bonds is 5. The maximum absolute atomic E-state index is 9.64. The molecule has 0 unspecified atom stereocenters. The van der Waals surface area contributed by atoms with E-state index in [1.165, 1.54) is 11.8 Å². The molecule has 0 radical (unpaired) electrons. The van der Waals surface area contributed by atoms with Gasteiger partial charge in [0.2, 0.25) is 5.88 Å². The molecular weight excluding hydrogens is 284 g/mol. The number of H-pyrrole nitrogens is 1. The van der Waals surface area contributed by atoms with Crippen LogP contribution in [0.15, 0.2) is 35.5 Å². The zero-order valence-electron chi connectivity index (χ0n) is 11.7. The summed E-state index contributed by atoms with van der Waals surface area (Å²) in [6, 6.07) is 9.54. The van der Waals surface area contributed by atoms with Gasteiger partial charge < -0.3 is 10.1 Å². The first-order valence-corrected chi connectivity index (χ1v) is 7.86. The van der Waals surface area contributed by atoms with Crippen LogP contribution in [0.1, 0.15) is 24.9 Å². The van der Waals surface area contributed by atoms with E-state index in [1.807, 2.05) is 24.3 Å². The van der Waals surface area contributed by atoms with Crippen LogP contribution in [0.4, 0.5) is 0 Å². The minimum Gasteiger partial charge on any atom is -0.493 e. The van der Waals surface area contributed by atoms with Gasteiger partial charge in [0.1, 0.15) is 5.82 Å². The molecule has 1 aromatic carbocycles. The second-order valence-electron chi connectivity index (χ2n) is 4.74. The van der Waals surface area contributed by atoms with Crippen LogP contribution >= 0.6 is 11.8 Å². The summed E-state index contributed by atoms with van der Waals surface area (Å²) in [4.78, 5) is 16.3. The van der Waals surface area contributed by atoms with Gasteiger partial charge in [-0.1, -0.05) is 37.2 Å². The fourth-order valence-corrected chi connectivity index (χ4v) is 2.86. The van der Waals surface area contributed by atoms with Gasteiger partial charge in [-0.2, -0.15) is 4.98 Å². The van der Waals surface area contributed by atoms with Crippen molar-refractivity contribution < 1.29 is 5.11 Å². The van der Waals surface area contributed by atoms with Gasteiger partial charge >= 0.3 is 0 Å². The number of thioether (sulfide) groups is 1. The summed E-state index contributed by atoms with van der Waals surface area (Å²) in [7, 11) is 0. The van der Waals surface area contributed by atoms with Crippen molar-refractivity contribution in [3.8, 4) is 5.88 Å². The number of aromatic hydroxyl groups is 1. The van der Waals surface area contributed by atoms with Crippen LogP contribution in [0.2, 0.25) is 0 Å². The van der Waals surface area contributed by atoms with Gasteiger partial charge in [-0.25, -0.2) is 9.97 Å². The molecule has 2 N–H and O–H groups in total. The zero-order valence-corrected chi connectivity index (χ0v) is 12.5. The number of para-hydroxylation sites is 2. The predicted molar refractivity (Wildman–Crippen MR) is 83.3 cm³/mol. The maximum Gasteiger partial charge on any atom is 0.215 e. The number of fused-ring (bicyclic) bond motifs is 1. The first-order chi connectivity index (χ1) is 10.2. The van der Waals surface area contributed by atoms with Gasteiger partial charge in [0.05, 0.1) is 16.8 Å². The Hall–Kier alpha value is -2.08. The maximum atomic E-state index is 9.64. The lowest BCUT2D eigenvalue weighted by Crippen LogP contribution is -1.95. The Morgan fingerprint density at radius 1 is 1.19 bits per heavy atom. The van der Waals surface area contributed by atoms with Crippen LogP contribution in [-0.4, -0.2) is 25.0 Å². The van der Waals surface area contributed by atoms with Crippen LogP contribution < -0.4 is 0 Å². The van der Waals surface area contributed by atoms with E-state index in [4.69, 9.17) is 0 Å². The molecular formula is C15H16N4OS. The number of hydrogen-bond acceptors (Lipinski definition) is 5. The topological polar surface area (TPSA) is 74.7 Å². The molecule has 2 aromatic heterocycles. The second kappa shape index (κ2) is 6.13. The van der Waals surface area contributed by atoms with E-state index in [-0.39, 0.29) is 5.88 Å². The number of nitrogens with one attached hydrogen (secondary N) is 1. The van der Waals surface area contributed by atoms with Crippen molar-refractivity contribution in [3.63, 3.8) is 0 Å². The fraction of sp³-hybridized carbons (Fsp3) is 0.267. The van der Waals surface area contributed by atoms with Crippen molar-refractivity contribution in [2.45, 2.75) is 30.7 Å². The average molecular weight is 300 g/mol. The Kier molecular flexibility index (Phi) is 4.06. The summed E-state index contributed by atoms with van der Waals surface area (Å²) in [5.74, 6) is 1.55. The van der Waals surface area contributed by atoms with E-state index >= 15 is 0 Å². The molecule has 3 aromatic rings. The van der Waals surface area contributed by atoms with Gasteiger partial charge in [0, 0.05) is 11.8 Å². The van der Waals surface area contributed by atoms with Crippen LogP contribution in [0.25, 0.3) is 11.0 Å². The van der Waals surface area contributed by atoms with Crippen molar-refractivity contribution in [1.29, 1.82) is 0 Å². The van der Waals surface area contributed by atoms with E-state index in [0.717, 1.165) is 35.4 Å². The van der Waals surface area contributed by atoms with E-state index in [9.17, 15) is 5.11 Å². The highest BCUT2D eigenvalue weighted by Gasteiger charge is 2.07. The number of benzene rings is 1. The van der Waals surface area contributed by atoms with Crippen LogP contribution in [0.3, 0.4) is 0 Å². The highest BCUT2D eigenvalue weighted by atomic mass is 32.2. The van der Waals surface area contributed by atoms with E-state index in [1.54, 1.807) is 6.07 Å². The number of aromatic nitrogens is 4. The Balaban J connectivity index is 1.74. The van der Waals surface area contributed by atoms with Gasteiger partial charge in [-0.3, -0.25) is 0 Å². The summed E-state index contributed by atoms with van der Waals surface area (Å²) in [5, 5.41) is 10.2. The molecule has 108 valence electrons. The highest BCUT2D eigenvalue weighted by Crippen LogP contribution is 2.22. The Bertz CT molecular complexity index is 723. The number of nitrogens with zero attached hydrogens (tertiary/aromatic N) is 3. The lowest BCUT2D eigenvalue weighted by atomic mass is 10.2. The van der Waals surface area contributed by atoms with Gasteiger partial charge in [0.25, 0.3) is 0 Å². The monoisotopic (exact) mass is 300 g/mol. The molecule has 0 bridgehead atoms. The van der Waals surface area contributed by atoms with Crippen LogP contribution in [0, 0.1) is 0 Å². The minimum absolute atomic E-state index is 0.0283. The van der Waals surface area contributed by atoms with Crippen molar-refractivity contribution in [2.24, 2.45) is 0 Å². The summed E-state index contributed by atoms with van der Waals surface area (Å²) in [6.07, 6.45) is 1.83. The average Bonchev–Trinajstić information content (AvgIpc) is 2.88. The summed E-state index contributed by atoms with van der Waals surface area (Å²) < 4.78 is 0. The number of aromatic amines is 1. The molecule has 6 heteroatoms. The quantitative estimate of drug-likeness (QED) is 0.558. The number of hydrogen-bond donors (Lipinski definition) is 2. The van der Waals surface area contributed by atoms with Crippen molar-refractivity contribution in [3.05, 3.63) is 41.9 Å². The van der Waals surface area contributed by atoms with Gasteiger partial charge in [-0.15, -0.1) is 0 Å². The minimum atomic E-state index is 0.0283. The number of aryl methyl sites for hydroxylation is 1. The Morgan fingerprint density at radius 3 is 2.86 bits per heavy atom. The fourth-order valence-electron chi connectivity index (χ4n) is 2.12. The molecule has 0 spiro atoms. The molecule has 0 atom stereocenters. The van der Waals surface area contributed by atoms with Gasteiger partial charge in [0.15, 0.2) is 5.16 Å². The van der Waals surface area contributed by atoms with Crippen molar-refractivity contribution in [2.75, 3.05) is 0 Å². The molecule has 0 aliphatic carbocycles. The van der Waals surface area contributed by atoms with Crippen molar-refractivity contribution in [1.82, 2.24) is 19.9 Å². The normalized spacial score (nSPS) is 11.1. The molecule has 0 fully saturated rings.